The van der Waals surface area contributed by atoms with Gasteiger partial charge in [0.2, 0.25) is 0 Å². The first kappa shape index (κ1) is 14.9. The van der Waals surface area contributed by atoms with Gasteiger partial charge in [0.15, 0.2) is 0 Å². The number of thiol groups is 1. The predicted molar refractivity (Wildman–Crippen MR) is 93.8 cm³/mol. The van der Waals surface area contributed by atoms with Crippen molar-refractivity contribution in [2.75, 3.05) is 0 Å². The molecule has 3 heteroatoms. The number of nitrogens with zero attached hydrogens (tertiary/aromatic N) is 1. The van der Waals surface area contributed by atoms with Gasteiger partial charge in [-0.15, -0.1) is 12.6 Å². The molecular formula is C19H19NOS. The number of aliphatic hydroxyl groups is 1. The molecule has 0 amide bonds. The van der Waals surface area contributed by atoms with Crippen LogP contribution in [0.2, 0.25) is 0 Å². The molecule has 1 N–H and O–H groups in total. The second kappa shape index (κ2) is 6.03. The van der Waals surface area contributed by atoms with Crippen LogP contribution >= 0.6 is 12.6 Å². The first-order chi connectivity index (χ1) is 10.5. The largest absolute Gasteiger partial charge is 0.389 e. The van der Waals surface area contributed by atoms with E-state index in [-0.39, 0.29) is 0 Å². The van der Waals surface area contributed by atoms with Gasteiger partial charge in [0.1, 0.15) is 0 Å². The summed E-state index contributed by atoms with van der Waals surface area (Å²) in [7, 11) is 0. The van der Waals surface area contributed by atoms with Gasteiger partial charge in [-0.1, -0.05) is 24.3 Å². The van der Waals surface area contributed by atoms with Crippen LogP contribution in [0.1, 0.15) is 24.2 Å². The minimum atomic E-state index is -0.439. The predicted octanol–water partition coefficient (Wildman–Crippen LogP) is 4.79. The van der Waals surface area contributed by atoms with Crippen molar-refractivity contribution in [3.05, 3.63) is 71.9 Å². The highest BCUT2D eigenvalue weighted by molar-refractivity contribution is 7.80. The Kier molecular flexibility index (Phi) is 4.10. The van der Waals surface area contributed by atoms with E-state index in [9.17, 15) is 5.11 Å². The van der Waals surface area contributed by atoms with E-state index in [0.717, 1.165) is 27.4 Å². The van der Waals surface area contributed by atoms with Crippen LogP contribution in [0.4, 0.5) is 0 Å². The summed E-state index contributed by atoms with van der Waals surface area (Å²) in [6.07, 6.45) is 1.69. The lowest BCUT2D eigenvalue weighted by molar-refractivity contribution is 0.199. The van der Waals surface area contributed by atoms with Crippen LogP contribution < -0.4 is 0 Å². The summed E-state index contributed by atoms with van der Waals surface area (Å²) in [5.74, 6) is 0. The molecule has 0 saturated carbocycles. The Balaban J connectivity index is 2.06. The van der Waals surface area contributed by atoms with Crippen LogP contribution in [0.15, 0.2) is 65.7 Å². The number of aliphatic hydroxyl groups excluding tert-OH is 1. The van der Waals surface area contributed by atoms with Crippen LogP contribution in [-0.4, -0.2) is 9.67 Å². The smallest absolute Gasteiger partial charge is 0.0761 e. The molecule has 0 aliphatic rings. The van der Waals surface area contributed by atoms with Crippen LogP contribution in [0.25, 0.3) is 16.9 Å². The molecule has 0 saturated heterocycles. The molecule has 1 aromatic heterocycles. The lowest BCUT2D eigenvalue weighted by Crippen LogP contribution is -1.96. The number of benzene rings is 2. The average Bonchev–Trinajstić information content (AvgIpc) is 2.90. The normalized spacial score (nSPS) is 12.4. The van der Waals surface area contributed by atoms with Gasteiger partial charge in [-0.05, 0) is 60.9 Å². The van der Waals surface area contributed by atoms with E-state index in [1.807, 2.05) is 24.3 Å². The van der Waals surface area contributed by atoms with Crippen LogP contribution in [0.5, 0.6) is 0 Å². The Morgan fingerprint density at radius 2 is 1.64 bits per heavy atom. The van der Waals surface area contributed by atoms with E-state index < -0.39 is 6.10 Å². The zero-order valence-corrected chi connectivity index (χ0v) is 13.6. The molecule has 2 aromatic carbocycles. The Bertz CT molecular complexity index is 770. The monoisotopic (exact) mass is 309 g/mol. The zero-order chi connectivity index (χ0) is 15.7. The Labute approximate surface area is 136 Å². The molecule has 1 unspecified atom stereocenters. The highest BCUT2D eigenvalue weighted by Crippen LogP contribution is 2.27. The van der Waals surface area contributed by atoms with Crippen LogP contribution in [-0.2, 0) is 0 Å². The fourth-order valence-corrected chi connectivity index (χ4v) is 2.73. The van der Waals surface area contributed by atoms with Gasteiger partial charge in [0, 0.05) is 16.8 Å². The van der Waals surface area contributed by atoms with Gasteiger partial charge in [-0.3, -0.25) is 0 Å². The fourth-order valence-electron chi connectivity index (χ4n) is 2.58. The molecule has 0 radical (unpaired) electrons. The van der Waals surface area contributed by atoms with E-state index in [1.54, 1.807) is 6.92 Å². The topological polar surface area (TPSA) is 25.2 Å². The van der Waals surface area contributed by atoms with Gasteiger partial charge in [0.25, 0.3) is 0 Å². The summed E-state index contributed by atoms with van der Waals surface area (Å²) in [4.78, 5) is 0.954. The number of rotatable bonds is 3. The van der Waals surface area contributed by atoms with Gasteiger partial charge in [-0.2, -0.15) is 0 Å². The molecule has 0 fully saturated rings. The molecule has 0 aliphatic carbocycles. The minimum Gasteiger partial charge on any atom is -0.389 e. The minimum absolute atomic E-state index is 0.439. The van der Waals surface area contributed by atoms with Crippen molar-refractivity contribution >= 4 is 12.6 Å². The maximum atomic E-state index is 9.64. The highest BCUT2D eigenvalue weighted by atomic mass is 32.1. The molecular weight excluding hydrogens is 290 g/mol. The first-order valence-corrected chi connectivity index (χ1v) is 7.76. The van der Waals surface area contributed by atoms with Crippen molar-refractivity contribution in [1.29, 1.82) is 0 Å². The van der Waals surface area contributed by atoms with Crippen molar-refractivity contribution in [1.82, 2.24) is 4.57 Å². The number of aryl methyl sites for hydroxylation is 1. The van der Waals surface area contributed by atoms with E-state index in [2.05, 4.69) is 60.6 Å². The summed E-state index contributed by atoms with van der Waals surface area (Å²) in [6.45, 7) is 3.87. The zero-order valence-electron chi connectivity index (χ0n) is 12.7. The Morgan fingerprint density at radius 3 is 2.23 bits per heavy atom. The Morgan fingerprint density at radius 1 is 1.00 bits per heavy atom. The molecule has 0 aliphatic heterocycles. The summed E-state index contributed by atoms with van der Waals surface area (Å²) in [5.41, 5.74) is 5.53. The fraction of sp³-hybridized carbons (Fsp3) is 0.158. The number of hydrogen-bond donors (Lipinski definition) is 2. The third-order valence-corrected chi connectivity index (χ3v) is 4.07. The van der Waals surface area contributed by atoms with Crippen molar-refractivity contribution in [2.24, 2.45) is 0 Å². The van der Waals surface area contributed by atoms with Gasteiger partial charge < -0.3 is 9.67 Å². The van der Waals surface area contributed by atoms with Crippen molar-refractivity contribution < 1.29 is 5.11 Å². The van der Waals surface area contributed by atoms with Gasteiger partial charge in [0.05, 0.1) is 11.8 Å². The van der Waals surface area contributed by atoms with Crippen molar-refractivity contribution in [3.8, 4) is 16.9 Å². The quantitative estimate of drug-likeness (QED) is 0.668. The molecule has 1 heterocycles. The summed E-state index contributed by atoms with van der Waals surface area (Å²) in [5, 5.41) is 9.64. The third-order valence-electron chi connectivity index (χ3n) is 3.77. The SMILES string of the molecule is Cc1cc(-c2ccc(C(C)O)cc2)n(-c2ccc(S)cc2)c1. The lowest BCUT2D eigenvalue weighted by atomic mass is 10.1. The first-order valence-electron chi connectivity index (χ1n) is 7.31. The summed E-state index contributed by atoms with van der Waals surface area (Å²) in [6, 6.07) is 18.4. The molecule has 112 valence electrons. The van der Waals surface area contributed by atoms with Crippen LogP contribution in [0, 0.1) is 6.92 Å². The number of hydrogen-bond acceptors (Lipinski definition) is 2. The Hall–Kier alpha value is -1.97. The molecule has 0 spiro atoms. The molecule has 0 bridgehead atoms. The third kappa shape index (κ3) is 2.96. The second-order valence-corrected chi connectivity index (χ2v) is 6.10. The lowest BCUT2D eigenvalue weighted by Gasteiger charge is -2.11. The second-order valence-electron chi connectivity index (χ2n) is 5.59. The van der Waals surface area contributed by atoms with E-state index >= 15 is 0 Å². The molecule has 22 heavy (non-hydrogen) atoms. The van der Waals surface area contributed by atoms with Gasteiger partial charge in [-0.25, -0.2) is 0 Å². The molecule has 3 aromatic rings. The van der Waals surface area contributed by atoms with Crippen LogP contribution in [0.3, 0.4) is 0 Å². The highest BCUT2D eigenvalue weighted by Gasteiger charge is 2.09. The van der Waals surface area contributed by atoms with Crippen molar-refractivity contribution in [2.45, 2.75) is 24.8 Å². The standard InChI is InChI=1S/C19H19NOS/c1-13-11-19(16-5-3-15(4-6-16)14(2)21)20(12-13)17-7-9-18(22)10-8-17/h3-12,14,21-22H,1-2H3. The van der Waals surface area contributed by atoms with E-state index in [0.29, 0.717) is 0 Å². The van der Waals surface area contributed by atoms with E-state index in [4.69, 9.17) is 0 Å². The van der Waals surface area contributed by atoms with E-state index in [1.165, 1.54) is 5.56 Å². The molecule has 3 rings (SSSR count). The number of aromatic nitrogens is 1. The molecule has 2 nitrogen and oxygen atoms in total. The van der Waals surface area contributed by atoms with Gasteiger partial charge >= 0.3 is 0 Å². The summed E-state index contributed by atoms with van der Waals surface area (Å²) < 4.78 is 2.18. The summed E-state index contributed by atoms with van der Waals surface area (Å²) >= 11 is 4.34. The van der Waals surface area contributed by atoms with Crippen molar-refractivity contribution in [3.63, 3.8) is 0 Å². The molecule has 1 atom stereocenters. The maximum absolute atomic E-state index is 9.64. The average molecular weight is 309 g/mol. The maximum Gasteiger partial charge on any atom is 0.0761 e.